The summed E-state index contributed by atoms with van der Waals surface area (Å²) in [6, 6.07) is 11.3. The summed E-state index contributed by atoms with van der Waals surface area (Å²) in [4.78, 5) is 25.3. The van der Waals surface area contributed by atoms with Gasteiger partial charge in [-0.25, -0.2) is 0 Å². The molecule has 2 aromatic carbocycles. The van der Waals surface area contributed by atoms with Crippen molar-refractivity contribution in [1.82, 2.24) is 4.90 Å². The Bertz CT molecular complexity index is 1020. The molecule has 1 atom stereocenters. The minimum absolute atomic E-state index is 0.269. The Morgan fingerprint density at radius 1 is 1.15 bits per heavy atom. The first-order valence-electron chi connectivity index (χ1n) is 12.7. The second kappa shape index (κ2) is 11.8. The maximum atomic E-state index is 12.0. The normalized spacial score (nSPS) is 18.3. The zero-order valence-corrected chi connectivity index (χ0v) is 20.5. The number of carbonyl (C=O) groups is 2. The highest BCUT2D eigenvalue weighted by Crippen LogP contribution is 2.47. The van der Waals surface area contributed by atoms with Gasteiger partial charge in [0.25, 0.3) is 0 Å². The van der Waals surface area contributed by atoms with Crippen LogP contribution in [0.3, 0.4) is 0 Å². The third kappa shape index (κ3) is 5.76. The minimum Gasteiger partial charge on any atom is -0.492 e. The van der Waals surface area contributed by atoms with Gasteiger partial charge in [0.1, 0.15) is 24.9 Å². The van der Waals surface area contributed by atoms with Gasteiger partial charge in [-0.15, -0.1) is 0 Å². The van der Waals surface area contributed by atoms with Gasteiger partial charge in [0, 0.05) is 38.1 Å². The van der Waals surface area contributed by atoms with Crippen LogP contribution in [0.15, 0.2) is 36.4 Å². The topological polar surface area (TPSA) is 55.8 Å². The lowest BCUT2D eigenvalue weighted by molar-refractivity contribution is -0.110. The van der Waals surface area contributed by atoms with Crippen molar-refractivity contribution >= 4 is 28.9 Å². The number of hydrogen-bond donors (Lipinski definition) is 0. The Kier molecular flexibility index (Phi) is 8.52. The smallest absolute Gasteiger partial charge is 0.127 e. The van der Waals surface area contributed by atoms with Crippen molar-refractivity contribution < 1.29 is 19.1 Å². The molecule has 1 saturated carbocycles. The van der Waals surface area contributed by atoms with Crippen LogP contribution in [0.2, 0.25) is 0 Å². The molecule has 5 heteroatoms. The Hall–Kier alpha value is -2.50. The molecule has 5 nitrogen and oxygen atoms in total. The van der Waals surface area contributed by atoms with Crippen molar-refractivity contribution in [3.05, 3.63) is 47.5 Å². The van der Waals surface area contributed by atoms with Crippen molar-refractivity contribution in [3.8, 4) is 5.75 Å². The van der Waals surface area contributed by atoms with Gasteiger partial charge in [0.05, 0.1) is 0 Å². The molecule has 1 aliphatic heterocycles. The number of benzene rings is 2. The molecule has 2 aromatic rings. The van der Waals surface area contributed by atoms with Crippen LogP contribution in [0.25, 0.3) is 16.3 Å². The van der Waals surface area contributed by atoms with Crippen LogP contribution in [-0.4, -0.2) is 56.9 Å². The van der Waals surface area contributed by atoms with Gasteiger partial charge in [-0.2, -0.15) is 0 Å². The van der Waals surface area contributed by atoms with Crippen LogP contribution in [0.4, 0.5) is 0 Å². The third-order valence-electron chi connectivity index (χ3n) is 7.33. The number of likely N-dealkylation sites (N-methyl/N-ethyl adjacent to an activating group) is 1. The van der Waals surface area contributed by atoms with Gasteiger partial charge in [-0.05, 0) is 91.6 Å². The predicted molar refractivity (Wildman–Crippen MR) is 136 cm³/mol. The first-order chi connectivity index (χ1) is 16.7. The van der Waals surface area contributed by atoms with E-state index in [2.05, 4.69) is 42.3 Å². The lowest BCUT2D eigenvalue weighted by Crippen LogP contribution is -2.38. The predicted octanol–water partition coefficient (Wildman–Crippen LogP) is 5.40. The van der Waals surface area contributed by atoms with Crippen molar-refractivity contribution in [2.75, 3.05) is 33.4 Å². The number of nitrogens with zero attached hydrogens (tertiary/aromatic N) is 1. The molecule has 1 heterocycles. The second-order valence-electron chi connectivity index (χ2n) is 9.59. The van der Waals surface area contributed by atoms with E-state index < -0.39 is 0 Å². The number of carbonyl (C=O) groups excluding carboxylic acids is 2. The van der Waals surface area contributed by atoms with E-state index in [4.69, 9.17) is 9.47 Å². The molecule has 0 spiro atoms. The van der Waals surface area contributed by atoms with Crippen molar-refractivity contribution in [2.45, 2.75) is 57.4 Å². The summed E-state index contributed by atoms with van der Waals surface area (Å²) in [6.45, 7) is 5.22. The molecule has 1 aliphatic carbocycles. The number of ether oxygens (including phenoxy) is 2. The van der Waals surface area contributed by atoms with Crippen molar-refractivity contribution in [2.24, 2.45) is 5.92 Å². The summed E-state index contributed by atoms with van der Waals surface area (Å²) in [5.41, 5.74) is 3.54. The highest BCUT2D eigenvalue weighted by atomic mass is 16.5. The van der Waals surface area contributed by atoms with E-state index in [0.717, 1.165) is 67.3 Å². The molecule has 1 unspecified atom stereocenters. The molecule has 182 valence electrons. The number of fused-ring (bicyclic) bond motifs is 1. The van der Waals surface area contributed by atoms with E-state index >= 15 is 0 Å². The van der Waals surface area contributed by atoms with Gasteiger partial charge in [-0.1, -0.05) is 24.3 Å². The molecule has 0 bridgehead atoms. The molecule has 2 fully saturated rings. The second-order valence-corrected chi connectivity index (χ2v) is 9.59. The van der Waals surface area contributed by atoms with Crippen LogP contribution in [-0.2, 0) is 14.3 Å². The molecular formula is C29H37NO4. The fourth-order valence-corrected chi connectivity index (χ4v) is 5.18. The zero-order valence-electron chi connectivity index (χ0n) is 20.5. The van der Waals surface area contributed by atoms with E-state index in [9.17, 15) is 9.59 Å². The molecule has 0 amide bonds. The maximum Gasteiger partial charge on any atom is 0.127 e. The SMILES string of the molecule is C/C=C(\c1c(C2CC2)ccc2cc(OCCN(C)C3CCOCC3)ccc12)C(C=O)CCC=O. The number of allylic oxidation sites excluding steroid dienone is 2. The van der Waals surface area contributed by atoms with Gasteiger partial charge >= 0.3 is 0 Å². The summed E-state index contributed by atoms with van der Waals surface area (Å²) >= 11 is 0. The molecule has 1 saturated heterocycles. The highest BCUT2D eigenvalue weighted by molar-refractivity contribution is 5.99. The van der Waals surface area contributed by atoms with E-state index in [-0.39, 0.29) is 5.92 Å². The van der Waals surface area contributed by atoms with Crippen LogP contribution in [0, 0.1) is 5.92 Å². The Balaban J connectivity index is 1.54. The molecule has 0 N–H and O–H groups in total. The first-order valence-corrected chi connectivity index (χ1v) is 12.7. The Morgan fingerprint density at radius 2 is 1.94 bits per heavy atom. The summed E-state index contributed by atoms with van der Waals surface area (Å²) in [5, 5.41) is 2.27. The van der Waals surface area contributed by atoms with Crippen molar-refractivity contribution in [3.63, 3.8) is 0 Å². The van der Waals surface area contributed by atoms with Crippen LogP contribution < -0.4 is 4.74 Å². The third-order valence-corrected chi connectivity index (χ3v) is 7.33. The van der Waals surface area contributed by atoms with E-state index in [1.807, 2.05) is 13.0 Å². The highest BCUT2D eigenvalue weighted by Gasteiger charge is 2.29. The number of aldehydes is 2. The molecule has 0 radical (unpaired) electrons. The fourth-order valence-electron chi connectivity index (χ4n) is 5.18. The Labute approximate surface area is 203 Å². The molecule has 4 rings (SSSR count). The molecule has 0 aromatic heterocycles. The standard InChI is InChI=1S/C29H37NO4/c1-3-26(23(20-32)5-4-15-31)29-27(21-6-7-21)10-8-22-19-25(9-11-28(22)29)34-18-14-30(2)24-12-16-33-17-13-24/h3,8-11,15,19-21,23-24H,4-7,12-14,16-18H2,1-2H3/b26-3-. The van der Waals surface area contributed by atoms with Crippen LogP contribution >= 0.6 is 0 Å². The van der Waals surface area contributed by atoms with E-state index in [1.54, 1.807) is 0 Å². The fraction of sp³-hybridized carbons (Fsp3) is 0.517. The first kappa shape index (κ1) is 24.6. The molecular weight excluding hydrogens is 426 g/mol. The van der Waals surface area contributed by atoms with Gasteiger partial charge < -0.3 is 19.1 Å². The van der Waals surface area contributed by atoms with Crippen molar-refractivity contribution in [1.29, 1.82) is 0 Å². The van der Waals surface area contributed by atoms with Gasteiger partial charge in [-0.3, -0.25) is 4.90 Å². The lowest BCUT2D eigenvalue weighted by atomic mass is 9.83. The van der Waals surface area contributed by atoms with Gasteiger partial charge in [0.15, 0.2) is 0 Å². The quantitative estimate of drug-likeness (QED) is 0.394. The summed E-state index contributed by atoms with van der Waals surface area (Å²) in [7, 11) is 2.16. The van der Waals surface area contributed by atoms with Crippen LogP contribution in [0.1, 0.15) is 62.5 Å². The average Bonchev–Trinajstić information content (AvgIpc) is 3.72. The Morgan fingerprint density at radius 3 is 2.62 bits per heavy atom. The number of hydrogen-bond acceptors (Lipinski definition) is 5. The van der Waals surface area contributed by atoms with Crippen LogP contribution in [0.5, 0.6) is 5.75 Å². The zero-order chi connectivity index (χ0) is 23.9. The molecule has 34 heavy (non-hydrogen) atoms. The summed E-state index contributed by atoms with van der Waals surface area (Å²) in [5.74, 6) is 1.16. The maximum absolute atomic E-state index is 12.0. The van der Waals surface area contributed by atoms with E-state index in [0.29, 0.717) is 31.4 Å². The van der Waals surface area contributed by atoms with E-state index in [1.165, 1.54) is 24.0 Å². The lowest BCUT2D eigenvalue weighted by Gasteiger charge is -2.31. The summed E-state index contributed by atoms with van der Waals surface area (Å²) in [6.07, 6.45) is 9.45. The largest absolute Gasteiger partial charge is 0.492 e. The average molecular weight is 464 g/mol. The number of rotatable bonds is 12. The monoisotopic (exact) mass is 463 g/mol. The van der Waals surface area contributed by atoms with Gasteiger partial charge in [0.2, 0.25) is 0 Å². The minimum atomic E-state index is -0.269. The summed E-state index contributed by atoms with van der Waals surface area (Å²) < 4.78 is 11.6. The molecule has 2 aliphatic rings.